The molecule has 20 heavy (non-hydrogen) atoms. The van der Waals surface area contributed by atoms with Gasteiger partial charge in [0.25, 0.3) is 0 Å². The van der Waals surface area contributed by atoms with E-state index in [1.807, 2.05) is 19.1 Å². The highest BCUT2D eigenvalue weighted by Gasteiger charge is 2.03. The summed E-state index contributed by atoms with van der Waals surface area (Å²) in [6.45, 7) is 3.74. The summed E-state index contributed by atoms with van der Waals surface area (Å²) < 4.78 is 5.04. The van der Waals surface area contributed by atoms with Crippen molar-refractivity contribution in [3.8, 4) is 23.8 Å². The lowest BCUT2D eigenvalue weighted by Crippen LogP contribution is -2.37. The number of ether oxygens (including phenoxy) is 1. The fourth-order valence-corrected chi connectivity index (χ4v) is 1.65. The Balaban J connectivity index is 2.58. The molecule has 1 rings (SSSR count). The van der Waals surface area contributed by atoms with Gasteiger partial charge in [0, 0.05) is 19.2 Å². The Bertz CT molecular complexity index is 492. The first-order valence-electron chi connectivity index (χ1n) is 6.52. The Morgan fingerprint density at radius 1 is 1.45 bits per heavy atom. The number of hydrogen-bond acceptors (Lipinski definition) is 3. The third kappa shape index (κ3) is 5.11. The third-order valence-electron chi connectivity index (χ3n) is 2.65. The van der Waals surface area contributed by atoms with Crippen LogP contribution in [0, 0.1) is 12.3 Å². The van der Waals surface area contributed by atoms with Gasteiger partial charge in [0.15, 0.2) is 5.96 Å². The van der Waals surface area contributed by atoms with E-state index in [-0.39, 0.29) is 5.75 Å². The van der Waals surface area contributed by atoms with Crippen molar-refractivity contribution in [1.82, 2.24) is 10.6 Å². The lowest BCUT2D eigenvalue weighted by atomic mass is 10.1. The molecule has 1 aromatic rings. The van der Waals surface area contributed by atoms with Gasteiger partial charge in [-0.25, -0.2) is 0 Å². The average Bonchev–Trinajstić information content (AvgIpc) is 2.46. The quantitative estimate of drug-likeness (QED) is 0.414. The number of terminal acetylenes is 1. The molecule has 0 aliphatic rings. The largest absolute Gasteiger partial charge is 0.508 e. The number of nitrogens with one attached hydrogen (secondary N) is 2. The molecule has 0 aliphatic carbocycles. The number of aromatic hydroxyl groups is 1. The van der Waals surface area contributed by atoms with Gasteiger partial charge in [-0.15, -0.1) is 6.42 Å². The highest BCUT2D eigenvalue weighted by Crippen LogP contribution is 2.23. The standard InChI is InChI=1S/C15H21N3O2/c1-4-9-17-15(16-5-2)18-10-8-12-6-7-13(20-3)11-14(12)19/h1,6-7,11,19H,5,8-10H2,2-3H3,(H2,16,17,18). The van der Waals surface area contributed by atoms with E-state index in [4.69, 9.17) is 11.2 Å². The Hall–Kier alpha value is -2.35. The third-order valence-corrected chi connectivity index (χ3v) is 2.65. The fourth-order valence-electron chi connectivity index (χ4n) is 1.65. The highest BCUT2D eigenvalue weighted by molar-refractivity contribution is 5.79. The summed E-state index contributed by atoms with van der Waals surface area (Å²) in [7, 11) is 1.57. The number of nitrogens with zero attached hydrogens (tertiary/aromatic N) is 1. The van der Waals surface area contributed by atoms with Gasteiger partial charge < -0.3 is 20.5 Å². The Labute approximate surface area is 120 Å². The van der Waals surface area contributed by atoms with Crippen LogP contribution in [0.25, 0.3) is 0 Å². The molecule has 5 nitrogen and oxygen atoms in total. The molecule has 0 saturated carbocycles. The molecule has 0 aromatic heterocycles. The average molecular weight is 275 g/mol. The van der Waals surface area contributed by atoms with Crippen LogP contribution in [0.5, 0.6) is 11.5 Å². The second kappa shape index (κ2) is 8.70. The number of benzene rings is 1. The molecular weight excluding hydrogens is 254 g/mol. The Kier molecular flexibility index (Phi) is 6.83. The maximum atomic E-state index is 9.85. The zero-order valence-corrected chi connectivity index (χ0v) is 11.9. The molecule has 0 spiro atoms. The molecule has 0 unspecified atom stereocenters. The Morgan fingerprint density at radius 2 is 2.25 bits per heavy atom. The highest BCUT2D eigenvalue weighted by atomic mass is 16.5. The van der Waals surface area contributed by atoms with Crippen LogP contribution in [0.15, 0.2) is 23.2 Å². The second-order valence-electron chi connectivity index (χ2n) is 4.06. The van der Waals surface area contributed by atoms with Gasteiger partial charge in [0.2, 0.25) is 0 Å². The number of hydrogen-bond donors (Lipinski definition) is 3. The van der Waals surface area contributed by atoms with Crippen LogP contribution in [0.4, 0.5) is 0 Å². The molecule has 0 bridgehead atoms. The summed E-state index contributed by atoms with van der Waals surface area (Å²) in [5, 5.41) is 16.0. The van der Waals surface area contributed by atoms with E-state index < -0.39 is 0 Å². The summed E-state index contributed by atoms with van der Waals surface area (Å²) in [5.74, 6) is 4.04. The lowest BCUT2D eigenvalue weighted by Gasteiger charge is -2.09. The van der Waals surface area contributed by atoms with Gasteiger partial charge in [0.05, 0.1) is 13.7 Å². The van der Waals surface area contributed by atoms with E-state index in [9.17, 15) is 5.11 Å². The SMILES string of the molecule is C#CCNC(=NCCc1ccc(OC)cc1O)NCC. The molecule has 3 N–H and O–H groups in total. The van der Waals surface area contributed by atoms with Crippen molar-refractivity contribution < 1.29 is 9.84 Å². The van der Waals surface area contributed by atoms with Crippen molar-refractivity contribution in [2.24, 2.45) is 4.99 Å². The molecule has 0 radical (unpaired) electrons. The second-order valence-corrected chi connectivity index (χ2v) is 4.06. The molecule has 1 aromatic carbocycles. The Morgan fingerprint density at radius 3 is 2.85 bits per heavy atom. The van der Waals surface area contributed by atoms with Gasteiger partial charge >= 0.3 is 0 Å². The van der Waals surface area contributed by atoms with Gasteiger partial charge in [-0.2, -0.15) is 0 Å². The first-order chi connectivity index (χ1) is 9.71. The number of guanidine groups is 1. The summed E-state index contributed by atoms with van der Waals surface area (Å²) in [4.78, 5) is 4.39. The zero-order valence-electron chi connectivity index (χ0n) is 11.9. The molecule has 0 atom stereocenters. The molecule has 0 saturated heterocycles. The normalized spacial score (nSPS) is 10.8. The van der Waals surface area contributed by atoms with Crippen LogP contribution in [0.1, 0.15) is 12.5 Å². The maximum Gasteiger partial charge on any atom is 0.192 e. The van der Waals surface area contributed by atoms with E-state index in [0.717, 1.165) is 12.1 Å². The molecule has 0 heterocycles. The number of phenolic OH excluding ortho intramolecular Hbond substituents is 1. The van der Waals surface area contributed by atoms with E-state index in [0.29, 0.717) is 31.2 Å². The minimum Gasteiger partial charge on any atom is -0.508 e. The maximum absolute atomic E-state index is 9.85. The molecule has 0 amide bonds. The van der Waals surface area contributed by atoms with Crippen molar-refractivity contribution >= 4 is 5.96 Å². The predicted molar refractivity (Wildman–Crippen MR) is 81.2 cm³/mol. The van der Waals surface area contributed by atoms with Crippen LogP contribution in [-0.2, 0) is 6.42 Å². The topological polar surface area (TPSA) is 65.9 Å². The molecule has 108 valence electrons. The predicted octanol–water partition coefficient (Wildman–Crippen LogP) is 1.13. The number of phenols is 1. The van der Waals surface area contributed by atoms with Crippen LogP contribution < -0.4 is 15.4 Å². The summed E-state index contributed by atoms with van der Waals surface area (Å²) >= 11 is 0. The first kappa shape index (κ1) is 15.7. The van der Waals surface area contributed by atoms with Crippen molar-refractivity contribution in [2.75, 3.05) is 26.7 Å². The molecule has 0 fully saturated rings. The molecule has 5 heteroatoms. The number of rotatable bonds is 6. The van der Waals surface area contributed by atoms with E-state index in [2.05, 4.69) is 21.5 Å². The van der Waals surface area contributed by atoms with Crippen LogP contribution in [-0.4, -0.2) is 37.8 Å². The monoisotopic (exact) mass is 275 g/mol. The number of methoxy groups -OCH3 is 1. The smallest absolute Gasteiger partial charge is 0.192 e. The molecular formula is C15H21N3O2. The first-order valence-corrected chi connectivity index (χ1v) is 6.52. The minimum atomic E-state index is 0.223. The van der Waals surface area contributed by atoms with Crippen LogP contribution in [0.3, 0.4) is 0 Å². The van der Waals surface area contributed by atoms with Crippen LogP contribution >= 0.6 is 0 Å². The van der Waals surface area contributed by atoms with Crippen molar-refractivity contribution in [3.05, 3.63) is 23.8 Å². The van der Waals surface area contributed by atoms with Crippen LogP contribution in [0.2, 0.25) is 0 Å². The van der Waals surface area contributed by atoms with Gasteiger partial charge in [-0.3, -0.25) is 4.99 Å². The van der Waals surface area contributed by atoms with Gasteiger partial charge in [-0.1, -0.05) is 12.0 Å². The molecule has 0 aliphatic heterocycles. The van der Waals surface area contributed by atoms with E-state index >= 15 is 0 Å². The summed E-state index contributed by atoms with van der Waals surface area (Å²) in [5.41, 5.74) is 0.836. The lowest BCUT2D eigenvalue weighted by molar-refractivity contribution is 0.406. The van der Waals surface area contributed by atoms with Gasteiger partial charge in [0.1, 0.15) is 11.5 Å². The fraction of sp³-hybridized carbons (Fsp3) is 0.400. The van der Waals surface area contributed by atoms with Crippen molar-refractivity contribution in [3.63, 3.8) is 0 Å². The van der Waals surface area contributed by atoms with Crippen molar-refractivity contribution in [1.29, 1.82) is 0 Å². The number of aliphatic imine (C=N–C) groups is 1. The summed E-state index contributed by atoms with van der Waals surface area (Å²) in [6, 6.07) is 5.26. The zero-order chi connectivity index (χ0) is 14.8. The summed E-state index contributed by atoms with van der Waals surface area (Å²) in [6.07, 6.45) is 5.84. The van der Waals surface area contributed by atoms with Gasteiger partial charge in [-0.05, 0) is 25.0 Å². The van der Waals surface area contributed by atoms with E-state index in [1.165, 1.54) is 0 Å². The van der Waals surface area contributed by atoms with Crippen molar-refractivity contribution in [2.45, 2.75) is 13.3 Å². The minimum absolute atomic E-state index is 0.223. The van der Waals surface area contributed by atoms with E-state index in [1.54, 1.807) is 13.2 Å².